The quantitative estimate of drug-likeness (QED) is 0.394. The number of hydrogen-bond acceptors (Lipinski definition) is 6. The van der Waals surface area contributed by atoms with Gasteiger partial charge in [-0.3, -0.25) is 14.9 Å². The van der Waals surface area contributed by atoms with E-state index in [1.54, 1.807) is 35.8 Å². The van der Waals surface area contributed by atoms with Crippen LogP contribution in [0.15, 0.2) is 47.4 Å². The molecule has 0 saturated carbocycles. The molecular formula is C23H29FN4O5S. The van der Waals surface area contributed by atoms with Gasteiger partial charge in [0.2, 0.25) is 15.9 Å². The number of rotatable bonds is 9. The van der Waals surface area contributed by atoms with E-state index >= 15 is 0 Å². The number of nitro groups is 1. The first-order valence-corrected chi connectivity index (χ1v) is 12.7. The zero-order valence-electron chi connectivity index (χ0n) is 19.3. The molecule has 1 aliphatic rings. The van der Waals surface area contributed by atoms with Gasteiger partial charge in [-0.05, 0) is 36.2 Å². The minimum Gasteiger partial charge on any atom is -0.362 e. The van der Waals surface area contributed by atoms with Gasteiger partial charge >= 0.3 is 0 Å². The number of hydrogen-bond donors (Lipinski definition) is 0. The summed E-state index contributed by atoms with van der Waals surface area (Å²) in [6.07, 6.45) is 0.803. The van der Waals surface area contributed by atoms with E-state index in [4.69, 9.17) is 0 Å². The predicted molar refractivity (Wildman–Crippen MR) is 127 cm³/mol. The summed E-state index contributed by atoms with van der Waals surface area (Å²) in [5.41, 5.74) is 0.940. The maximum atomic E-state index is 13.0. The summed E-state index contributed by atoms with van der Waals surface area (Å²) < 4.78 is 39.8. The highest BCUT2D eigenvalue weighted by Crippen LogP contribution is 2.32. The molecule has 0 bridgehead atoms. The summed E-state index contributed by atoms with van der Waals surface area (Å²) in [6, 6.07) is 10.0. The van der Waals surface area contributed by atoms with Crippen LogP contribution in [-0.2, 0) is 21.2 Å². The number of aryl methyl sites for hydroxylation is 1. The highest BCUT2D eigenvalue weighted by molar-refractivity contribution is 7.89. The summed E-state index contributed by atoms with van der Waals surface area (Å²) in [5, 5.41) is 11.7. The third kappa shape index (κ3) is 5.71. The van der Waals surface area contributed by atoms with Crippen LogP contribution >= 0.6 is 0 Å². The van der Waals surface area contributed by atoms with Crippen LogP contribution in [0.3, 0.4) is 0 Å². The van der Waals surface area contributed by atoms with Crippen molar-refractivity contribution in [2.75, 3.05) is 44.2 Å². The van der Waals surface area contributed by atoms with E-state index in [0.717, 1.165) is 11.6 Å². The van der Waals surface area contributed by atoms with E-state index in [9.17, 15) is 27.7 Å². The van der Waals surface area contributed by atoms with E-state index in [1.807, 2.05) is 0 Å². The number of amides is 1. The molecule has 0 radical (unpaired) electrons. The zero-order valence-corrected chi connectivity index (χ0v) is 20.1. The van der Waals surface area contributed by atoms with Crippen LogP contribution in [0.1, 0.15) is 25.8 Å². The normalized spacial score (nSPS) is 14.5. The van der Waals surface area contributed by atoms with Gasteiger partial charge in [0.25, 0.3) is 5.69 Å². The number of halogens is 1. The van der Waals surface area contributed by atoms with Crippen LogP contribution in [0, 0.1) is 15.9 Å². The van der Waals surface area contributed by atoms with Gasteiger partial charge in [-0.15, -0.1) is 0 Å². The van der Waals surface area contributed by atoms with Crippen molar-refractivity contribution in [1.29, 1.82) is 0 Å². The van der Waals surface area contributed by atoms with E-state index in [0.29, 0.717) is 44.7 Å². The Labute approximate surface area is 199 Å². The number of benzene rings is 2. The maximum absolute atomic E-state index is 13.0. The zero-order chi connectivity index (χ0) is 24.9. The van der Waals surface area contributed by atoms with Gasteiger partial charge in [0.1, 0.15) is 11.5 Å². The highest BCUT2D eigenvalue weighted by Gasteiger charge is 2.29. The van der Waals surface area contributed by atoms with Crippen molar-refractivity contribution in [2.45, 2.75) is 31.6 Å². The van der Waals surface area contributed by atoms with Crippen molar-refractivity contribution in [3.63, 3.8) is 0 Å². The van der Waals surface area contributed by atoms with Crippen LogP contribution < -0.4 is 4.90 Å². The molecule has 1 aliphatic heterocycles. The summed E-state index contributed by atoms with van der Waals surface area (Å²) >= 11 is 0. The molecule has 2 aromatic rings. The van der Waals surface area contributed by atoms with Crippen molar-refractivity contribution in [3.8, 4) is 0 Å². The monoisotopic (exact) mass is 492 g/mol. The Kier molecular flexibility index (Phi) is 8.21. The molecule has 0 aliphatic carbocycles. The number of anilines is 1. The van der Waals surface area contributed by atoms with E-state index in [2.05, 4.69) is 0 Å². The topological polar surface area (TPSA) is 104 Å². The van der Waals surface area contributed by atoms with Gasteiger partial charge in [0, 0.05) is 51.8 Å². The molecular weight excluding hydrogens is 463 g/mol. The number of piperazine rings is 1. The summed E-state index contributed by atoms with van der Waals surface area (Å²) in [4.78, 5) is 27.2. The lowest BCUT2D eigenvalue weighted by Gasteiger charge is -2.36. The van der Waals surface area contributed by atoms with E-state index < -0.39 is 14.9 Å². The summed E-state index contributed by atoms with van der Waals surface area (Å²) in [7, 11) is -3.82. The lowest BCUT2D eigenvalue weighted by molar-refractivity contribution is -0.384. The fourth-order valence-corrected chi connectivity index (χ4v) is 5.53. The number of carbonyl (C=O) groups is 1. The second-order valence-electron chi connectivity index (χ2n) is 7.99. The van der Waals surface area contributed by atoms with Crippen LogP contribution in [0.25, 0.3) is 0 Å². The van der Waals surface area contributed by atoms with Crippen molar-refractivity contribution < 1.29 is 22.5 Å². The molecule has 0 unspecified atom stereocenters. The second-order valence-corrected chi connectivity index (χ2v) is 9.93. The lowest BCUT2D eigenvalue weighted by Crippen LogP contribution is -2.49. The van der Waals surface area contributed by atoms with Crippen molar-refractivity contribution >= 4 is 27.3 Å². The van der Waals surface area contributed by atoms with Crippen LogP contribution in [0.4, 0.5) is 15.8 Å². The first kappa shape index (κ1) is 25.6. The maximum Gasteiger partial charge on any atom is 0.293 e. The van der Waals surface area contributed by atoms with Crippen LogP contribution in [0.2, 0.25) is 0 Å². The number of nitro benzene ring substituents is 1. The average molecular weight is 493 g/mol. The molecule has 9 nitrogen and oxygen atoms in total. The lowest BCUT2D eigenvalue weighted by atomic mass is 10.1. The largest absolute Gasteiger partial charge is 0.362 e. The Morgan fingerprint density at radius 1 is 1.06 bits per heavy atom. The van der Waals surface area contributed by atoms with E-state index in [1.165, 1.54) is 28.6 Å². The van der Waals surface area contributed by atoms with Crippen molar-refractivity contribution in [3.05, 3.63) is 64.0 Å². The van der Waals surface area contributed by atoms with Gasteiger partial charge in [-0.2, -0.15) is 4.31 Å². The minimum atomic E-state index is -3.82. The van der Waals surface area contributed by atoms with E-state index in [-0.39, 0.29) is 35.4 Å². The first-order valence-electron chi connectivity index (χ1n) is 11.2. The molecule has 1 fully saturated rings. The van der Waals surface area contributed by atoms with Gasteiger partial charge in [0.15, 0.2) is 0 Å². The number of sulfonamides is 1. The molecule has 1 heterocycles. The van der Waals surface area contributed by atoms with Crippen molar-refractivity contribution in [1.82, 2.24) is 9.21 Å². The third-order valence-corrected chi connectivity index (χ3v) is 8.05. The Morgan fingerprint density at radius 3 is 2.24 bits per heavy atom. The molecule has 1 amide bonds. The SMILES string of the molecule is CCN(CC)S(=O)(=O)c1ccc(N2CCN(C(=O)CCc3ccc(F)cc3)CC2)c([N+](=O)[O-])c1. The van der Waals surface area contributed by atoms with Gasteiger partial charge in [-0.1, -0.05) is 26.0 Å². The first-order chi connectivity index (χ1) is 16.2. The molecule has 0 N–H and O–H groups in total. The smallest absolute Gasteiger partial charge is 0.293 e. The number of carbonyl (C=O) groups excluding carboxylic acids is 1. The molecule has 11 heteroatoms. The van der Waals surface area contributed by atoms with Crippen LogP contribution in [-0.4, -0.2) is 67.7 Å². The third-order valence-electron chi connectivity index (χ3n) is 6.00. The molecule has 1 saturated heterocycles. The molecule has 34 heavy (non-hydrogen) atoms. The van der Waals surface area contributed by atoms with Crippen molar-refractivity contribution in [2.24, 2.45) is 0 Å². The molecule has 3 rings (SSSR count). The Hall–Kier alpha value is -3.05. The molecule has 184 valence electrons. The Bertz CT molecular complexity index is 1130. The van der Waals surface area contributed by atoms with Gasteiger partial charge in [-0.25, -0.2) is 12.8 Å². The van der Waals surface area contributed by atoms with Gasteiger partial charge in [0.05, 0.1) is 9.82 Å². The number of nitrogens with zero attached hydrogens (tertiary/aromatic N) is 4. The Morgan fingerprint density at radius 2 is 1.68 bits per heavy atom. The molecule has 0 atom stereocenters. The fraction of sp³-hybridized carbons (Fsp3) is 0.435. The highest BCUT2D eigenvalue weighted by atomic mass is 32.2. The summed E-state index contributed by atoms with van der Waals surface area (Å²) in [5.74, 6) is -0.349. The minimum absolute atomic E-state index is 0.0286. The van der Waals surface area contributed by atoms with Gasteiger partial charge < -0.3 is 9.80 Å². The molecule has 0 spiro atoms. The molecule has 2 aromatic carbocycles. The molecule has 0 aromatic heterocycles. The second kappa shape index (κ2) is 10.9. The fourth-order valence-electron chi connectivity index (χ4n) is 4.05. The predicted octanol–water partition coefficient (Wildman–Crippen LogP) is 3.05. The summed E-state index contributed by atoms with van der Waals surface area (Å²) in [6.45, 7) is 5.56. The average Bonchev–Trinajstić information content (AvgIpc) is 2.83. The van der Waals surface area contributed by atoms with Crippen LogP contribution in [0.5, 0.6) is 0 Å². The standard InChI is InChI=1S/C23H29FN4O5S/c1-3-27(4-2)34(32,33)20-10-11-21(22(17-20)28(30)31)25-13-15-26(16-14-25)23(29)12-7-18-5-8-19(24)9-6-18/h5-6,8-11,17H,3-4,7,12-16H2,1-2H3. The Balaban J connectivity index is 1.67.